The van der Waals surface area contributed by atoms with Crippen LogP contribution in [-0.2, 0) is 42.6 Å². The molecule has 0 spiro atoms. The third kappa shape index (κ3) is 7.80. The molecule has 1 fully saturated rings. The lowest BCUT2D eigenvalue weighted by Gasteiger charge is -2.67. The van der Waals surface area contributed by atoms with Crippen LogP contribution < -0.4 is 0 Å². The first-order chi connectivity index (χ1) is 20.1. The van der Waals surface area contributed by atoms with Gasteiger partial charge in [0.05, 0.1) is 22.6 Å². The van der Waals surface area contributed by atoms with Crippen LogP contribution in [0.15, 0.2) is 0 Å². The van der Waals surface area contributed by atoms with E-state index in [9.17, 15) is 0 Å². The van der Waals surface area contributed by atoms with Crippen molar-refractivity contribution in [1.82, 2.24) is 0 Å². The third-order valence-electron chi connectivity index (χ3n) is 8.70. The molecule has 1 aliphatic carbocycles. The summed E-state index contributed by atoms with van der Waals surface area (Å²) in [4.78, 5) is 0. The van der Waals surface area contributed by atoms with Gasteiger partial charge >= 0.3 is 0 Å². The van der Waals surface area contributed by atoms with Crippen LogP contribution >= 0.6 is 0 Å². The van der Waals surface area contributed by atoms with Crippen molar-refractivity contribution in [1.29, 1.82) is 0 Å². The Balaban J connectivity index is 4.58. The molecule has 0 aromatic rings. The van der Waals surface area contributed by atoms with E-state index in [-0.39, 0.29) is 23.1 Å². The van der Waals surface area contributed by atoms with Crippen LogP contribution in [-0.4, -0.2) is 125 Å². The van der Waals surface area contributed by atoms with Gasteiger partial charge in [0, 0.05) is 96.1 Å². The summed E-state index contributed by atoms with van der Waals surface area (Å²) in [6.07, 6.45) is 3.45. The van der Waals surface area contributed by atoms with Crippen molar-refractivity contribution in [2.24, 2.45) is 11.3 Å². The Morgan fingerprint density at radius 3 is 1.21 bits per heavy atom. The van der Waals surface area contributed by atoms with E-state index in [1.807, 2.05) is 62.3 Å². The zero-order chi connectivity index (χ0) is 31.9. The average Bonchev–Trinajstić information content (AvgIpc) is 2.96. The van der Waals surface area contributed by atoms with E-state index in [0.29, 0.717) is 96.6 Å². The molecule has 0 radical (unpaired) electrons. The highest BCUT2D eigenvalue weighted by atomic mass is 28.2. The molecule has 4 unspecified atom stereocenters. The Morgan fingerprint density at radius 2 is 0.881 bits per heavy atom. The second-order valence-corrected chi connectivity index (χ2v) is 13.9. The van der Waals surface area contributed by atoms with Gasteiger partial charge in [0.1, 0.15) is 0 Å². The summed E-state index contributed by atoms with van der Waals surface area (Å²) in [7, 11) is 2.01. The molecule has 0 bridgehead atoms. The van der Waals surface area contributed by atoms with Crippen LogP contribution in [0.25, 0.3) is 0 Å². The van der Waals surface area contributed by atoms with Crippen molar-refractivity contribution in [3.63, 3.8) is 0 Å². The monoisotopic (exact) mass is 654 g/mol. The first-order valence-corrected chi connectivity index (χ1v) is 20.3. The molecule has 0 N–H and O–H groups in total. The first kappa shape index (κ1) is 40.3. The SMILES string of the molecule is CCOC([SiH3])C(OCC)(OCC)C1CCCCC1(C(OCC)(OCC)C([SiH3])OCC)C(OCC)(OCC)C([SiH3])OCC. The highest BCUT2D eigenvalue weighted by Crippen LogP contribution is 2.64. The maximum absolute atomic E-state index is 7.02. The largest absolute Gasteiger partial charge is 0.377 e. The molecule has 42 heavy (non-hydrogen) atoms. The fourth-order valence-electron chi connectivity index (χ4n) is 7.74. The van der Waals surface area contributed by atoms with Crippen LogP contribution in [0.3, 0.4) is 0 Å². The van der Waals surface area contributed by atoms with Crippen molar-refractivity contribution in [2.75, 3.05) is 59.5 Å². The topological polar surface area (TPSA) is 83.1 Å². The quantitative estimate of drug-likeness (QED) is 0.114. The van der Waals surface area contributed by atoms with Crippen LogP contribution in [0.5, 0.6) is 0 Å². The highest BCUT2D eigenvalue weighted by Gasteiger charge is 2.77. The summed E-state index contributed by atoms with van der Waals surface area (Å²) in [6.45, 7) is 22.5. The summed E-state index contributed by atoms with van der Waals surface area (Å²) < 4.78 is 61.3. The van der Waals surface area contributed by atoms with Gasteiger partial charge < -0.3 is 42.6 Å². The molecule has 252 valence electrons. The zero-order valence-corrected chi connectivity index (χ0v) is 35.2. The second-order valence-electron chi connectivity index (χ2n) is 10.7. The minimum Gasteiger partial charge on any atom is -0.377 e. The van der Waals surface area contributed by atoms with E-state index in [1.165, 1.54) is 0 Å². The Labute approximate surface area is 266 Å². The lowest BCUT2D eigenvalue weighted by Crippen LogP contribution is -2.80. The van der Waals surface area contributed by atoms with E-state index in [1.54, 1.807) is 0 Å². The minimum atomic E-state index is -1.22. The third-order valence-corrected chi connectivity index (χ3v) is 12.0. The molecule has 0 aromatic carbocycles. The Morgan fingerprint density at radius 1 is 0.524 bits per heavy atom. The number of ether oxygens (including phenoxy) is 9. The summed E-state index contributed by atoms with van der Waals surface area (Å²) in [5, 5.41) is 0. The lowest BCUT2D eigenvalue weighted by atomic mass is 9.53. The molecule has 0 aliphatic heterocycles. The standard InChI is InChI=1S/C30H66O9Si3/c1-10-31-24(40)28(34-13-4,35-14-5)23-21-19-20-22-27(23,29(36-15-6,37-16-7)25(41)32-11-2)30(38-17-8,39-18-9)26(42)33-12-3/h23-26H,10-22H2,1-9,40-42H3. The zero-order valence-electron chi connectivity index (χ0n) is 29.2. The molecule has 1 aliphatic rings. The molecular weight excluding hydrogens is 589 g/mol. The molecule has 1 saturated carbocycles. The van der Waals surface area contributed by atoms with Crippen molar-refractivity contribution < 1.29 is 42.6 Å². The van der Waals surface area contributed by atoms with E-state index < -0.39 is 22.8 Å². The van der Waals surface area contributed by atoms with Crippen molar-refractivity contribution >= 4 is 30.7 Å². The maximum Gasteiger partial charge on any atom is 0.202 e. The van der Waals surface area contributed by atoms with Gasteiger partial charge in [-0.2, -0.15) is 0 Å². The molecular formula is C30H66O9Si3. The Bertz CT molecular complexity index is 668. The second kappa shape index (κ2) is 19.7. The van der Waals surface area contributed by atoms with Gasteiger partial charge in [-0.1, -0.05) is 12.8 Å². The predicted molar refractivity (Wildman–Crippen MR) is 178 cm³/mol. The first-order valence-electron chi connectivity index (χ1n) is 16.8. The van der Waals surface area contributed by atoms with Gasteiger partial charge in [-0.3, -0.25) is 0 Å². The van der Waals surface area contributed by atoms with Gasteiger partial charge in [0.25, 0.3) is 0 Å². The summed E-state index contributed by atoms with van der Waals surface area (Å²) in [5.74, 6) is -3.80. The lowest BCUT2D eigenvalue weighted by molar-refractivity contribution is -0.463. The van der Waals surface area contributed by atoms with Crippen LogP contribution in [0.4, 0.5) is 0 Å². The van der Waals surface area contributed by atoms with Crippen LogP contribution in [0.1, 0.15) is 88.0 Å². The van der Waals surface area contributed by atoms with E-state index in [4.69, 9.17) is 42.6 Å². The van der Waals surface area contributed by atoms with E-state index in [2.05, 4.69) is 0 Å². The molecule has 12 heteroatoms. The number of hydrogen-bond acceptors (Lipinski definition) is 9. The number of hydrogen-bond donors (Lipinski definition) is 0. The summed E-state index contributed by atoms with van der Waals surface area (Å²) in [5.41, 5.74) is -1.87. The molecule has 1 rings (SSSR count). The molecule has 0 aromatic heterocycles. The van der Waals surface area contributed by atoms with Crippen LogP contribution in [0, 0.1) is 11.3 Å². The molecule has 0 saturated heterocycles. The molecule has 9 nitrogen and oxygen atoms in total. The van der Waals surface area contributed by atoms with Crippen molar-refractivity contribution in [3.8, 4) is 0 Å². The Kier molecular flexibility index (Phi) is 18.9. The fourth-order valence-corrected chi connectivity index (χ4v) is 11.2. The fraction of sp³-hybridized carbons (Fsp3) is 1.00. The molecule has 0 heterocycles. The van der Waals surface area contributed by atoms with Crippen molar-refractivity contribution in [2.45, 2.75) is 123 Å². The van der Waals surface area contributed by atoms with Gasteiger partial charge in [-0.05, 0) is 75.2 Å². The normalized spacial score (nSPS) is 22.9. The van der Waals surface area contributed by atoms with E-state index >= 15 is 0 Å². The van der Waals surface area contributed by atoms with E-state index in [0.717, 1.165) is 19.3 Å². The number of rotatable bonds is 24. The van der Waals surface area contributed by atoms with Crippen molar-refractivity contribution in [3.05, 3.63) is 0 Å². The van der Waals surface area contributed by atoms with Gasteiger partial charge in [0.2, 0.25) is 11.6 Å². The minimum absolute atomic E-state index is 0.258. The summed E-state index contributed by atoms with van der Waals surface area (Å²) in [6, 6.07) is 0. The van der Waals surface area contributed by atoms with Gasteiger partial charge in [-0.25, -0.2) is 0 Å². The average molecular weight is 655 g/mol. The molecule has 0 amide bonds. The van der Waals surface area contributed by atoms with Gasteiger partial charge in [-0.15, -0.1) is 0 Å². The smallest absolute Gasteiger partial charge is 0.202 e. The van der Waals surface area contributed by atoms with Crippen LogP contribution in [0.2, 0.25) is 0 Å². The maximum atomic E-state index is 7.02. The Hall–Kier alpha value is 0.291. The van der Waals surface area contributed by atoms with Gasteiger partial charge in [0.15, 0.2) is 5.79 Å². The summed E-state index contributed by atoms with van der Waals surface area (Å²) >= 11 is 0. The predicted octanol–water partition coefficient (Wildman–Crippen LogP) is 1.65. The highest BCUT2D eigenvalue weighted by molar-refractivity contribution is 6.13. The molecule has 4 atom stereocenters.